The molecule has 0 spiro atoms. The third-order valence-electron chi connectivity index (χ3n) is 12.3. The minimum Gasteiger partial charge on any atom is -0.509 e. The fourth-order valence-corrected chi connectivity index (χ4v) is 8.85. The van der Waals surface area contributed by atoms with Crippen LogP contribution >= 0.6 is 0 Å². The normalized spacial score (nSPS) is 12.8. The van der Waals surface area contributed by atoms with E-state index < -0.39 is 11.8 Å². The standard InChI is InChI=1S/C54H48N6O.Pt/c1-33(2)43-19-14-21-47-48-22-15-20-44(34(3)4)53(48)58(52(43)47)39-26-27-55-51(31-39)59-49-23-13-12-18-45(49)46-25-24-41(32-50(46)59)61-42-29-38(54(7,8)37-16-10-9-11-17-37)28-40(30-42)60-36(6)35(5)56-57-60;/h9-29,31,33-34H,1-8H3;/q-2;+2/i33D,34D;. The molecule has 0 fully saturated rings. The van der Waals surface area contributed by atoms with E-state index in [-0.39, 0.29) is 26.5 Å². The van der Waals surface area contributed by atoms with E-state index in [1.165, 1.54) is 5.56 Å². The number of para-hydroxylation sites is 3. The number of hydrogen-bond donors (Lipinski definition) is 0. The summed E-state index contributed by atoms with van der Waals surface area (Å²) in [7, 11) is 0. The van der Waals surface area contributed by atoms with E-state index >= 15 is 0 Å². The Morgan fingerprint density at radius 3 is 1.97 bits per heavy atom. The second-order valence-electron chi connectivity index (χ2n) is 16.9. The fraction of sp³-hybridized carbons (Fsp3) is 0.204. The molecule has 0 saturated heterocycles. The van der Waals surface area contributed by atoms with Gasteiger partial charge in [-0.1, -0.05) is 137 Å². The van der Waals surface area contributed by atoms with Gasteiger partial charge in [-0.15, -0.1) is 46.4 Å². The molecule has 0 atom stereocenters. The number of pyridine rings is 1. The summed E-state index contributed by atoms with van der Waals surface area (Å²) in [6.45, 7) is 16.1. The summed E-state index contributed by atoms with van der Waals surface area (Å²) < 4.78 is 31.5. The summed E-state index contributed by atoms with van der Waals surface area (Å²) in [5.74, 6) is -0.0236. The van der Waals surface area contributed by atoms with Crippen LogP contribution < -0.4 is 4.74 Å². The zero-order valence-electron chi connectivity index (χ0n) is 38.1. The first-order chi connectivity index (χ1) is 30.1. The van der Waals surface area contributed by atoms with E-state index in [4.69, 9.17) is 9.72 Å². The molecule has 0 aliphatic carbocycles. The van der Waals surface area contributed by atoms with Crippen LogP contribution in [0.25, 0.3) is 60.8 Å². The Morgan fingerprint density at radius 1 is 0.645 bits per heavy atom. The molecule has 10 aromatic rings. The van der Waals surface area contributed by atoms with Gasteiger partial charge < -0.3 is 13.9 Å². The molecular weight excluding hydrogens is 944 g/mol. The molecule has 0 saturated carbocycles. The van der Waals surface area contributed by atoms with Crippen LogP contribution in [0, 0.1) is 26.0 Å². The van der Waals surface area contributed by atoms with Crippen LogP contribution in [-0.2, 0) is 26.5 Å². The Labute approximate surface area is 380 Å². The predicted molar refractivity (Wildman–Crippen MR) is 248 cm³/mol. The van der Waals surface area contributed by atoms with Gasteiger partial charge in [-0.05, 0) is 70.9 Å². The Hall–Kier alpha value is -6.30. The van der Waals surface area contributed by atoms with Gasteiger partial charge >= 0.3 is 21.1 Å². The van der Waals surface area contributed by atoms with Crippen molar-refractivity contribution in [3.63, 3.8) is 0 Å². The van der Waals surface area contributed by atoms with Gasteiger partial charge in [-0.2, -0.15) is 6.07 Å². The Morgan fingerprint density at radius 2 is 1.31 bits per heavy atom. The first kappa shape index (κ1) is 38.6. The molecule has 0 aliphatic heterocycles. The van der Waals surface area contributed by atoms with Gasteiger partial charge in [-0.25, -0.2) is 9.67 Å². The van der Waals surface area contributed by atoms with E-state index in [0.717, 1.165) is 83.1 Å². The molecule has 62 heavy (non-hydrogen) atoms. The van der Waals surface area contributed by atoms with Crippen molar-refractivity contribution in [2.75, 3.05) is 0 Å². The molecule has 0 unspecified atom stereocenters. The predicted octanol–water partition coefficient (Wildman–Crippen LogP) is 13.4. The molecule has 6 aromatic carbocycles. The summed E-state index contributed by atoms with van der Waals surface area (Å²) in [5, 5.41) is 13.0. The Bertz CT molecular complexity index is 3340. The van der Waals surface area contributed by atoms with Gasteiger partial charge in [0.25, 0.3) is 0 Å². The summed E-state index contributed by atoms with van der Waals surface area (Å²) in [5.41, 5.74) is 10.7. The largest absolute Gasteiger partial charge is 2.00 e. The van der Waals surface area contributed by atoms with Gasteiger partial charge in [0.1, 0.15) is 5.82 Å². The van der Waals surface area contributed by atoms with E-state index in [1.807, 2.05) is 88.8 Å². The zero-order valence-corrected chi connectivity index (χ0v) is 38.4. The van der Waals surface area contributed by atoms with Gasteiger partial charge in [0.05, 0.1) is 28.1 Å². The van der Waals surface area contributed by atoms with Crippen molar-refractivity contribution in [1.29, 1.82) is 0 Å². The van der Waals surface area contributed by atoms with Gasteiger partial charge in [0.2, 0.25) is 0 Å². The molecule has 7 nitrogen and oxygen atoms in total. The Kier molecular flexibility index (Phi) is 9.88. The quantitative estimate of drug-likeness (QED) is 0.135. The molecule has 0 radical (unpaired) electrons. The first-order valence-corrected chi connectivity index (χ1v) is 20.8. The van der Waals surface area contributed by atoms with E-state index in [1.54, 1.807) is 0 Å². The number of fused-ring (bicyclic) bond motifs is 6. The Balaban J connectivity index is 0.00000518. The maximum Gasteiger partial charge on any atom is 2.00 e. The minimum absolute atomic E-state index is 0. The number of rotatable bonds is 9. The number of benzene rings is 6. The van der Waals surface area contributed by atoms with E-state index in [9.17, 15) is 2.74 Å². The van der Waals surface area contributed by atoms with Crippen molar-refractivity contribution < 1.29 is 28.5 Å². The van der Waals surface area contributed by atoms with Crippen LogP contribution in [0.15, 0.2) is 134 Å². The molecular formula is C54H48N6OPt. The number of hydrogen-bond acceptors (Lipinski definition) is 4. The maximum absolute atomic E-state index is 9.26. The zero-order chi connectivity index (χ0) is 44.0. The molecule has 0 amide bonds. The number of nitrogens with zero attached hydrogens (tertiary/aromatic N) is 6. The van der Waals surface area contributed by atoms with E-state index in [2.05, 4.69) is 136 Å². The summed E-state index contributed by atoms with van der Waals surface area (Å²) in [6, 6.07) is 50.7. The third kappa shape index (κ3) is 6.74. The fourth-order valence-electron chi connectivity index (χ4n) is 8.85. The van der Waals surface area contributed by atoms with Gasteiger partial charge in [-0.3, -0.25) is 0 Å². The van der Waals surface area contributed by atoms with E-state index in [0.29, 0.717) is 17.3 Å². The minimum atomic E-state index is -0.890. The monoisotopic (exact) mass is 993 g/mol. The molecule has 8 heteroatoms. The second-order valence-corrected chi connectivity index (χ2v) is 16.9. The van der Waals surface area contributed by atoms with Crippen LogP contribution in [0.3, 0.4) is 0 Å². The molecule has 10 rings (SSSR count). The van der Waals surface area contributed by atoms with Crippen molar-refractivity contribution in [2.24, 2.45) is 0 Å². The molecule has 0 aliphatic rings. The van der Waals surface area contributed by atoms with Crippen LogP contribution in [0.2, 0.25) is 0 Å². The molecule has 4 heterocycles. The summed E-state index contributed by atoms with van der Waals surface area (Å²) >= 11 is 0. The van der Waals surface area contributed by atoms with Gasteiger partial charge in [0.15, 0.2) is 0 Å². The molecule has 310 valence electrons. The van der Waals surface area contributed by atoms with Crippen molar-refractivity contribution in [2.45, 2.75) is 72.6 Å². The van der Waals surface area contributed by atoms with Crippen LogP contribution in [0.4, 0.5) is 0 Å². The third-order valence-corrected chi connectivity index (χ3v) is 12.3. The summed E-state index contributed by atoms with van der Waals surface area (Å²) in [6.07, 6.45) is 1.84. The second kappa shape index (κ2) is 15.9. The van der Waals surface area contributed by atoms with Crippen molar-refractivity contribution in [1.82, 2.24) is 29.1 Å². The smallest absolute Gasteiger partial charge is 0.509 e. The van der Waals surface area contributed by atoms with Crippen LogP contribution in [-0.4, -0.2) is 29.1 Å². The van der Waals surface area contributed by atoms with Crippen molar-refractivity contribution >= 4 is 43.6 Å². The maximum atomic E-state index is 9.26. The topological polar surface area (TPSA) is 62.7 Å². The number of aryl methyl sites for hydroxylation is 1. The number of aromatic nitrogens is 6. The molecule has 0 bridgehead atoms. The van der Waals surface area contributed by atoms with Crippen LogP contribution in [0.1, 0.15) is 89.7 Å². The van der Waals surface area contributed by atoms with Crippen molar-refractivity contribution in [3.05, 3.63) is 179 Å². The average Bonchev–Trinajstić information content (AvgIpc) is 3.91. The average molecular weight is 994 g/mol. The molecule has 0 N–H and O–H groups in total. The van der Waals surface area contributed by atoms with Crippen LogP contribution in [0.5, 0.6) is 11.5 Å². The summed E-state index contributed by atoms with van der Waals surface area (Å²) in [4.78, 5) is 5.02. The SMILES string of the molecule is [2H]C(C)(C)c1cccc2c3cccc(C([2H])(C)C)c3n(-c3ccnc(-n4c5[c-]c(Oc6[c-]c(-n7nnc(C)c7C)cc(C(C)(C)c7ccccc7)c6)ccc5c5ccccc54)c3)c12.[Pt+2]. The number of ether oxygens (including phenoxy) is 1. The van der Waals surface area contributed by atoms with Gasteiger partial charge in [0, 0.05) is 42.8 Å². The van der Waals surface area contributed by atoms with Crippen molar-refractivity contribution in [3.8, 4) is 28.7 Å². The molecule has 4 aromatic heterocycles. The first-order valence-electron chi connectivity index (χ1n) is 21.8.